The number of aryl methyl sites for hydroxylation is 1. The van der Waals surface area contributed by atoms with E-state index >= 15 is 0 Å². The van der Waals surface area contributed by atoms with Crippen LogP contribution in [0.1, 0.15) is 16.8 Å². The number of nitrogens with zero attached hydrogens (tertiary/aromatic N) is 4. The predicted octanol–water partition coefficient (Wildman–Crippen LogP) is 10.1. The summed E-state index contributed by atoms with van der Waals surface area (Å²) in [6.45, 7) is 8.15. The summed E-state index contributed by atoms with van der Waals surface area (Å²) in [5.41, 5.74) is 11.3. The van der Waals surface area contributed by atoms with Crippen molar-refractivity contribution < 1.29 is 0 Å². The Morgan fingerprint density at radius 1 is 0.614 bits per heavy atom. The van der Waals surface area contributed by atoms with Gasteiger partial charge < -0.3 is 4.57 Å². The Morgan fingerprint density at radius 3 is 2.07 bits per heavy atom. The van der Waals surface area contributed by atoms with Crippen LogP contribution in [0.3, 0.4) is 0 Å². The Morgan fingerprint density at radius 2 is 1.30 bits per heavy atom. The van der Waals surface area contributed by atoms with Crippen LogP contribution in [-0.4, -0.2) is 19.2 Å². The molecule has 4 nitrogen and oxygen atoms in total. The van der Waals surface area contributed by atoms with Gasteiger partial charge in [-0.1, -0.05) is 103 Å². The van der Waals surface area contributed by atoms with Crippen molar-refractivity contribution in [3.05, 3.63) is 151 Å². The smallest absolute Gasteiger partial charge is 0.169 e. The fourth-order valence-electron chi connectivity index (χ4n) is 6.52. The van der Waals surface area contributed by atoms with Crippen LogP contribution in [0.4, 0.5) is 0 Å². The normalized spacial score (nSPS) is 11.9. The van der Waals surface area contributed by atoms with Gasteiger partial charge in [0.05, 0.1) is 11.0 Å². The summed E-state index contributed by atoms with van der Waals surface area (Å²) < 4.78 is 4.53. The number of hydrogen-bond donors (Lipinski definition) is 0. The lowest BCUT2D eigenvalue weighted by atomic mass is 9.99. The molecule has 0 aliphatic rings. The molecule has 0 spiro atoms. The summed E-state index contributed by atoms with van der Waals surface area (Å²) in [7, 11) is 0. The Balaban J connectivity index is 1.30. The second kappa shape index (κ2) is 10.2. The summed E-state index contributed by atoms with van der Waals surface area (Å²) in [6, 6.07) is 41.1. The van der Waals surface area contributed by atoms with Crippen LogP contribution in [0.5, 0.6) is 0 Å². The Labute approximate surface area is 255 Å². The highest BCUT2D eigenvalue weighted by Gasteiger charge is 2.18. The van der Waals surface area contributed by atoms with Crippen LogP contribution < -0.4 is 0 Å². The third-order valence-electron chi connectivity index (χ3n) is 8.69. The van der Waals surface area contributed by atoms with E-state index in [0.717, 1.165) is 33.6 Å². The maximum absolute atomic E-state index is 4.75. The summed E-state index contributed by atoms with van der Waals surface area (Å²) in [6.07, 6.45) is 5.95. The van der Waals surface area contributed by atoms with Gasteiger partial charge in [0.2, 0.25) is 0 Å². The second-order valence-electron chi connectivity index (χ2n) is 11.3. The molecule has 8 rings (SSSR count). The highest BCUT2D eigenvalue weighted by atomic mass is 15.2. The zero-order chi connectivity index (χ0) is 29.8. The number of pyridine rings is 1. The van der Waals surface area contributed by atoms with Crippen molar-refractivity contribution in [3.8, 4) is 28.2 Å². The lowest BCUT2D eigenvalue weighted by Crippen LogP contribution is -1.98. The minimum atomic E-state index is 0.828. The second-order valence-corrected chi connectivity index (χ2v) is 11.3. The first kappa shape index (κ1) is 25.9. The van der Waals surface area contributed by atoms with E-state index in [4.69, 9.17) is 10.2 Å². The molecule has 0 atom stereocenters. The van der Waals surface area contributed by atoms with Crippen molar-refractivity contribution in [1.82, 2.24) is 19.2 Å². The third kappa shape index (κ3) is 3.99. The lowest BCUT2D eigenvalue weighted by molar-refractivity contribution is 1.05. The van der Waals surface area contributed by atoms with Gasteiger partial charge in [0.25, 0.3) is 0 Å². The van der Waals surface area contributed by atoms with E-state index in [0.29, 0.717) is 0 Å². The van der Waals surface area contributed by atoms with Gasteiger partial charge in [-0.3, -0.25) is 4.40 Å². The van der Waals surface area contributed by atoms with E-state index in [2.05, 4.69) is 151 Å². The largest absolute Gasteiger partial charge is 0.313 e. The molecule has 0 fully saturated rings. The van der Waals surface area contributed by atoms with Gasteiger partial charge in [0.1, 0.15) is 0 Å². The van der Waals surface area contributed by atoms with E-state index in [1.807, 2.05) is 12.2 Å². The first-order valence-electron chi connectivity index (χ1n) is 14.9. The molecule has 0 saturated carbocycles. The van der Waals surface area contributed by atoms with Gasteiger partial charge in [-0.2, -0.15) is 0 Å². The van der Waals surface area contributed by atoms with Crippen LogP contribution in [0, 0.1) is 13.8 Å². The van der Waals surface area contributed by atoms with Gasteiger partial charge in [-0.15, -0.1) is 10.2 Å². The quantitative estimate of drug-likeness (QED) is 0.153. The minimum absolute atomic E-state index is 0.828. The molecule has 210 valence electrons. The van der Waals surface area contributed by atoms with Crippen molar-refractivity contribution in [3.63, 3.8) is 0 Å². The van der Waals surface area contributed by atoms with Crippen LogP contribution >= 0.6 is 0 Å². The monoisotopic (exact) mass is 566 g/mol. The number of rotatable bonds is 5. The van der Waals surface area contributed by atoms with E-state index in [1.165, 1.54) is 49.6 Å². The van der Waals surface area contributed by atoms with Crippen molar-refractivity contribution >= 4 is 44.3 Å². The zero-order valence-corrected chi connectivity index (χ0v) is 24.7. The fourth-order valence-corrected chi connectivity index (χ4v) is 6.52. The number of aromatic nitrogens is 4. The molecule has 0 unspecified atom stereocenters. The molecule has 0 radical (unpaired) electrons. The first-order chi connectivity index (χ1) is 21.6. The molecule has 5 aromatic carbocycles. The van der Waals surface area contributed by atoms with Crippen molar-refractivity contribution in [2.75, 3.05) is 0 Å². The molecule has 0 N–H and O–H groups in total. The fraction of sp³-hybridized carbons (Fsp3) is 0.0500. The van der Waals surface area contributed by atoms with Crippen LogP contribution in [0.25, 0.3) is 72.5 Å². The maximum atomic E-state index is 4.75. The van der Waals surface area contributed by atoms with Crippen LogP contribution in [0.15, 0.2) is 134 Å². The van der Waals surface area contributed by atoms with E-state index in [-0.39, 0.29) is 0 Å². The van der Waals surface area contributed by atoms with E-state index in [9.17, 15) is 0 Å². The molecule has 0 amide bonds. The molecular weight excluding hydrogens is 536 g/mol. The molecule has 0 aliphatic carbocycles. The SMILES string of the molecule is C=C/C=C\c1c(C)n(-c2ccc(-c3nnc4c5ccccc5c5cc(-c6ccc(C)cc6)ccc5n34)cc2)c2ccccc12. The number of fused-ring (bicyclic) bond motifs is 7. The van der Waals surface area contributed by atoms with Crippen molar-refractivity contribution in [2.45, 2.75) is 13.8 Å². The van der Waals surface area contributed by atoms with Gasteiger partial charge >= 0.3 is 0 Å². The summed E-state index contributed by atoms with van der Waals surface area (Å²) in [5.74, 6) is 0.828. The average Bonchev–Trinajstić information content (AvgIpc) is 3.63. The lowest BCUT2D eigenvalue weighted by Gasteiger charge is -2.12. The minimum Gasteiger partial charge on any atom is -0.313 e. The third-order valence-corrected chi connectivity index (χ3v) is 8.69. The highest BCUT2D eigenvalue weighted by molar-refractivity contribution is 6.13. The maximum Gasteiger partial charge on any atom is 0.169 e. The molecule has 0 bridgehead atoms. The number of para-hydroxylation sites is 1. The Kier molecular flexibility index (Phi) is 6.02. The topological polar surface area (TPSA) is 35.1 Å². The molecule has 44 heavy (non-hydrogen) atoms. The molecular formula is C40H30N4. The molecule has 0 saturated heterocycles. The molecule has 3 aromatic heterocycles. The van der Waals surface area contributed by atoms with E-state index in [1.54, 1.807) is 0 Å². The highest BCUT2D eigenvalue weighted by Crippen LogP contribution is 2.36. The van der Waals surface area contributed by atoms with Crippen LogP contribution in [0.2, 0.25) is 0 Å². The van der Waals surface area contributed by atoms with E-state index < -0.39 is 0 Å². The van der Waals surface area contributed by atoms with Gasteiger partial charge in [-0.25, -0.2) is 0 Å². The number of benzene rings is 5. The summed E-state index contributed by atoms with van der Waals surface area (Å²) >= 11 is 0. The Bertz CT molecular complexity index is 2400. The summed E-state index contributed by atoms with van der Waals surface area (Å²) in [5, 5.41) is 14.1. The predicted molar refractivity (Wildman–Crippen MR) is 184 cm³/mol. The number of hydrogen-bond acceptors (Lipinski definition) is 2. The Hall–Kier alpha value is -5.74. The molecule has 8 aromatic rings. The van der Waals surface area contributed by atoms with Gasteiger partial charge in [0, 0.05) is 38.7 Å². The summed E-state index contributed by atoms with van der Waals surface area (Å²) in [4.78, 5) is 0. The van der Waals surface area contributed by atoms with Crippen LogP contribution in [-0.2, 0) is 0 Å². The number of allylic oxidation sites excluding steroid dienone is 2. The molecule has 4 heteroatoms. The standard InChI is InChI=1S/C40H30N4/c1-4-5-10-32-27(3)43(37-14-9-8-12-34(32)37)31-22-19-29(20-23-31)39-41-42-40-35-13-7-6-11-33(35)36-25-30(21-24-38(36)44(39)40)28-17-15-26(2)16-18-28/h4-25H,1H2,2-3H3/b10-5-. The first-order valence-corrected chi connectivity index (χ1v) is 14.9. The molecule has 0 aliphatic heterocycles. The van der Waals surface area contributed by atoms with Gasteiger partial charge in [-0.05, 0) is 72.8 Å². The zero-order valence-electron chi connectivity index (χ0n) is 24.7. The van der Waals surface area contributed by atoms with Crippen molar-refractivity contribution in [2.24, 2.45) is 0 Å². The molecule has 3 heterocycles. The average molecular weight is 567 g/mol. The van der Waals surface area contributed by atoms with Crippen molar-refractivity contribution in [1.29, 1.82) is 0 Å². The van der Waals surface area contributed by atoms with Gasteiger partial charge in [0.15, 0.2) is 11.5 Å².